The highest BCUT2D eigenvalue weighted by molar-refractivity contribution is 6.10. The van der Waals surface area contributed by atoms with Crippen LogP contribution < -0.4 is 15.5 Å². The number of nitrogens with one attached hydrogen (secondary N) is 2. The van der Waals surface area contributed by atoms with Crippen LogP contribution in [0, 0.1) is 17.2 Å². The van der Waals surface area contributed by atoms with Crippen molar-refractivity contribution in [2.45, 2.75) is 76.5 Å². The molecule has 0 radical (unpaired) electrons. The van der Waals surface area contributed by atoms with Gasteiger partial charge in [0.15, 0.2) is 5.82 Å². The van der Waals surface area contributed by atoms with Crippen LogP contribution in [0.2, 0.25) is 0 Å². The highest BCUT2D eigenvalue weighted by Gasteiger charge is 2.41. The van der Waals surface area contributed by atoms with Crippen LogP contribution in [0.3, 0.4) is 0 Å². The van der Waals surface area contributed by atoms with E-state index in [-0.39, 0.29) is 42.1 Å². The first-order valence-electron chi connectivity index (χ1n) is 16.1. The molecule has 1 aliphatic heterocycles. The third-order valence-electron chi connectivity index (χ3n) is 9.39. The number of carbonyl (C=O) groups is 1. The van der Waals surface area contributed by atoms with Gasteiger partial charge in [-0.3, -0.25) is 9.69 Å². The first-order chi connectivity index (χ1) is 23.0. The van der Waals surface area contributed by atoms with Crippen molar-refractivity contribution in [2.24, 2.45) is 13.0 Å². The second-order valence-corrected chi connectivity index (χ2v) is 13.2. The van der Waals surface area contributed by atoms with E-state index in [0.717, 1.165) is 12.5 Å². The number of nitrogens with zero attached hydrogens (tertiary/aromatic N) is 6. The topological polar surface area (TPSA) is 132 Å². The molecule has 48 heavy (non-hydrogen) atoms. The highest BCUT2D eigenvalue weighted by Crippen LogP contribution is 2.41. The number of hydrogen-bond acceptors (Lipinski definition) is 8. The van der Waals surface area contributed by atoms with E-state index in [4.69, 9.17) is 4.98 Å². The van der Waals surface area contributed by atoms with Crippen LogP contribution in [-0.2, 0) is 26.3 Å². The molecule has 0 spiro atoms. The van der Waals surface area contributed by atoms with E-state index in [1.165, 1.54) is 23.8 Å². The number of aromatic nitrogens is 4. The summed E-state index contributed by atoms with van der Waals surface area (Å²) >= 11 is 0. The number of nitriles is 1. The zero-order valence-electron chi connectivity index (χ0n) is 26.6. The van der Waals surface area contributed by atoms with Crippen molar-refractivity contribution in [3.8, 4) is 28.6 Å². The van der Waals surface area contributed by atoms with Crippen LogP contribution in [0.25, 0.3) is 22.5 Å². The van der Waals surface area contributed by atoms with Gasteiger partial charge < -0.3 is 20.3 Å². The van der Waals surface area contributed by atoms with E-state index < -0.39 is 23.8 Å². The number of halogens is 3. The maximum atomic E-state index is 14.4. The van der Waals surface area contributed by atoms with Crippen LogP contribution >= 0.6 is 0 Å². The highest BCUT2D eigenvalue weighted by atomic mass is 19.4. The molecule has 2 aromatic carbocycles. The number of amides is 1. The summed E-state index contributed by atoms with van der Waals surface area (Å²) in [5.41, 5.74) is 1.75. The van der Waals surface area contributed by atoms with E-state index in [1.807, 2.05) is 6.07 Å². The van der Waals surface area contributed by atoms with E-state index in [9.17, 15) is 28.3 Å². The number of fused-ring (bicyclic) bond motifs is 1. The maximum absolute atomic E-state index is 14.4. The van der Waals surface area contributed by atoms with Crippen molar-refractivity contribution in [2.75, 3.05) is 10.2 Å². The average molecular weight is 657 g/mol. The third kappa shape index (κ3) is 6.37. The summed E-state index contributed by atoms with van der Waals surface area (Å²) in [6.45, 7) is 1.90. The molecule has 10 nitrogen and oxygen atoms in total. The Morgan fingerprint density at radius 2 is 1.90 bits per heavy atom. The molecule has 1 atom stereocenters. The number of alkyl halides is 3. The van der Waals surface area contributed by atoms with Gasteiger partial charge in [-0.1, -0.05) is 12.8 Å². The summed E-state index contributed by atoms with van der Waals surface area (Å²) in [6.07, 6.45) is 0.861. The summed E-state index contributed by atoms with van der Waals surface area (Å²) < 4.78 is 45.1. The summed E-state index contributed by atoms with van der Waals surface area (Å²) in [6, 6.07) is 13.6. The number of pyridine rings is 1. The lowest BCUT2D eigenvalue weighted by Crippen LogP contribution is -2.43. The Hall–Kier alpha value is -4.80. The molecule has 13 heteroatoms. The van der Waals surface area contributed by atoms with Crippen LogP contribution in [0.5, 0.6) is 0 Å². The van der Waals surface area contributed by atoms with Gasteiger partial charge >= 0.3 is 6.18 Å². The number of aliphatic hydroxyl groups excluding tert-OH is 1. The minimum absolute atomic E-state index is 0.00895. The average Bonchev–Trinajstić information content (AvgIpc) is 3.64. The lowest BCUT2D eigenvalue weighted by Gasteiger charge is -2.32. The van der Waals surface area contributed by atoms with Crippen LogP contribution in [0.15, 0.2) is 48.8 Å². The Labute approximate surface area is 275 Å². The maximum Gasteiger partial charge on any atom is 0.416 e. The Kier molecular flexibility index (Phi) is 8.17. The summed E-state index contributed by atoms with van der Waals surface area (Å²) in [7, 11) is 1.81. The molecule has 2 aliphatic carbocycles. The smallest absolute Gasteiger partial charge is 0.393 e. The molecule has 4 aromatic rings. The lowest BCUT2D eigenvalue weighted by atomic mass is 9.89. The Morgan fingerprint density at radius 3 is 2.56 bits per heavy atom. The number of aliphatic hydroxyl groups is 1. The Bertz CT molecular complexity index is 1920. The number of anilines is 2. The van der Waals surface area contributed by atoms with E-state index in [1.54, 1.807) is 42.2 Å². The summed E-state index contributed by atoms with van der Waals surface area (Å²) in [5, 5.41) is 34.3. The second kappa shape index (κ2) is 12.3. The number of aryl methyl sites for hydroxylation is 1. The fourth-order valence-electron chi connectivity index (χ4n) is 6.65. The lowest BCUT2D eigenvalue weighted by molar-refractivity contribution is -0.138. The standard InChI is InChI=1S/C35H35F3N8O2/c1-19(7-20-3-4-20)42-31-11-23(27-8-21(15-39)5-6-26(27)33-44-41-18-45(33)2)12-32(43-31)46-17-29-28(34(46)48)9-22(10-30(29)35(36,37)38)16-40-24-13-25(47)14-24/h5-6,8-12,18-20,24-25,40,47H,3-4,7,13-14,16-17H2,1-2H3,(H,42,43). The fourth-order valence-corrected chi connectivity index (χ4v) is 6.65. The molecule has 3 heterocycles. The zero-order chi connectivity index (χ0) is 33.7. The van der Waals surface area contributed by atoms with Crippen LogP contribution in [0.4, 0.5) is 24.8 Å². The van der Waals surface area contributed by atoms with Crippen molar-refractivity contribution >= 4 is 17.5 Å². The molecule has 2 aromatic heterocycles. The molecule has 1 unspecified atom stereocenters. The van der Waals surface area contributed by atoms with Gasteiger partial charge in [-0.25, -0.2) is 4.98 Å². The molecule has 0 bridgehead atoms. The predicted octanol–water partition coefficient (Wildman–Crippen LogP) is 5.81. The molecule has 1 amide bonds. The first kappa shape index (κ1) is 31.8. The first-order valence-corrected chi connectivity index (χ1v) is 16.1. The van der Waals surface area contributed by atoms with Gasteiger partial charge in [0.1, 0.15) is 18.0 Å². The monoisotopic (exact) mass is 656 g/mol. The minimum Gasteiger partial charge on any atom is -0.393 e. The summed E-state index contributed by atoms with van der Waals surface area (Å²) in [4.78, 5) is 20.1. The molecular formula is C35H35F3N8O2. The van der Waals surface area contributed by atoms with Crippen molar-refractivity contribution < 1.29 is 23.1 Å². The number of hydrogen-bond donors (Lipinski definition) is 3. The minimum atomic E-state index is -4.67. The second-order valence-electron chi connectivity index (χ2n) is 13.2. The Morgan fingerprint density at radius 1 is 1.10 bits per heavy atom. The normalized spacial score (nSPS) is 19.5. The van der Waals surface area contributed by atoms with Crippen molar-refractivity contribution in [1.29, 1.82) is 5.26 Å². The molecule has 7 rings (SSSR count). The third-order valence-corrected chi connectivity index (χ3v) is 9.39. The van der Waals surface area contributed by atoms with E-state index in [2.05, 4.69) is 33.8 Å². The SMILES string of the molecule is CC(CC1CC1)Nc1cc(-c2cc(C#N)ccc2-c2nncn2C)cc(N2Cc3c(cc(CNC4CC(O)C4)cc3C(F)(F)F)C2=O)n1. The molecule has 0 saturated heterocycles. The number of carbonyl (C=O) groups excluding carboxylic acids is 1. The van der Waals surface area contributed by atoms with Crippen LogP contribution in [-0.4, -0.2) is 48.9 Å². The summed E-state index contributed by atoms with van der Waals surface area (Å²) in [5.74, 6) is 1.28. The zero-order valence-corrected chi connectivity index (χ0v) is 26.6. The quantitative estimate of drug-likeness (QED) is 0.195. The van der Waals surface area contributed by atoms with Crippen molar-refractivity contribution in [3.05, 3.63) is 76.6 Å². The van der Waals surface area contributed by atoms with Gasteiger partial charge in [0.05, 0.1) is 29.8 Å². The van der Waals surface area contributed by atoms with Gasteiger partial charge in [-0.05, 0) is 96.8 Å². The van der Waals surface area contributed by atoms with Gasteiger partial charge in [0, 0.05) is 36.8 Å². The van der Waals surface area contributed by atoms with E-state index >= 15 is 0 Å². The van der Waals surface area contributed by atoms with Crippen molar-refractivity contribution in [1.82, 2.24) is 25.1 Å². The predicted molar refractivity (Wildman–Crippen MR) is 173 cm³/mol. The van der Waals surface area contributed by atoms with Gasteiger partial charge in [0.2, 0.25) is 0 Å². The Balaban J connectivity index is 1.30. The molecule has 2 saturated carbocycles. The number of benzene rings is 2. The molecule has 3 N–H and O–H groups in total. The van der Waals surface area contributed by atoms with Gasteiger partial charge in [-0.2, -0.15) is 18.4 Å². The molecule has 248 valence electrons. The number of rotatable bonds is 10. The van der Waals surface area contributed by atoms with Crippen LogP contribution in [0.1, 0.15) is 71.6 Å². The van der Waals surface area contributed by atoms with E-state index in [0.29, 0.717) is 58.2 Å². The fraction of sp³-hybridized carbons (Fsp3) is 0.400. The molecular weight excluding hydrogens is 621 g/mol. The van der Waals surface area contributed by atoms with Gasteiger partial charge in [0.25, 0.3) is 5.91 Å². The molecule has 3 aliphatic rings. The largest absolute Gasteiger partial charge is 0.416 e. The van der Waals surface area contributed by atoms with Crippen molar-refractivity contribution in [3.63, 3.8) is 0 Å². The van der Waals surface area contributed by atoms with Gasteiger partial charge in [-0.15, -0.1) is 10.2 Å². The molecule has 2 fully saturated rings.